The molecule has 3 aliphatic rings. The van der Waals surface area contributed by atoms with Crippen molar-refractivity contribution in [3.05, 3.63) is 29.8 Å². The number of halogens is 1. The third-order valence-electron chi connectivity index (χ3n) is 4.23. The van der Waals surface area contributed by atoms with E-state index < -0.39 is 10.0 Å². The lowest BCUT2D eigenvalue weighted by molar-refractivity contribution is -0.0722. The van der Waals surface area contributed by atoms with E-state index in [1.807, 2.05) is 6.07 Å². The second kappa shape index (κ2) is 3.72. The summed E-state index contributed by atoms with van der Waals surface area (Å²) in [5.74, 6) is 0. The highest BCUT2D eigenvalue weighted by Crippen LogP contribution is 2.67. The maximum atomic E-state index is 12.5. The molecule has 0 unspecified atom stereocenters. The van der Waals surface area contributed by atoms with E-state index in [9.17, 15) is 8.42 Å². The van der Waals surface area contributed by atoms with Crippen LogP contribution in [0, 0.1) is 11.3 Å². The number of rotatable bonds is 3. The summed E-state index contributed by atoms with van der Waals surface area (Å²) in [5, 5.41) is 8.85. The number of benzene rings is 1. The Morgan fingerprint density at radius 3 is 2.53 bits per heavy atom. The molecule has 1 aromatic rings. The molecule has 3 fully saturated rings. The molecule has 0 amide bonds. The minimum Gasteiger partial charge on any atom is -0.207 e. The maximum absolute atomic E-state index is 12.5. The maximum Gasteiger partial charge on any atom is 0.243 e. The van der Waals surface area contributed by atoms with Crippen LogP contribution in [0.15, 0.2) is 29.2 Å². The summed E-state index contributed by atoms with van der Waals surface area (Å²) in [4.78, 5) is 0.000516. The summed E-state index contributed by atoms with van der Waals surface area (Å²) < 4.78 is 26.5. The third kappa shape index (κ3) is 1.71. The van der Waals surface area contributed by atoms with Gasteiger partial charge >= 0.3 is 0 Å². The zero-order valence-electron chi connectivity index (χ0n) is 10.4. The van der Waals surface area contributed by atoms with Crippen molar-refractivity contribution in [3.8, 4) is 6.07 Å². The molecule has 0 aromatic heterocycles. The van der Waals surface area contributed by atoms with Gasteiger partial charge in [0, 0.05) is 12.6 Å². The lowest BCUT2D eigenvalue weighted by Gasteiger charge is -2.69. The van der Waals surface area contributed by atoms with E-state index in [1.165, 1.54) is 16.4 Å². The molecule has 0 heterocycles. The van der Waals surface area contributed by atoms with Gasteiger partial charge in [0.1, 0.15) is 0 Å². The summed E-state index contributed by atoms with van der Waals surface area (Å²) in [6.45, 7) is 0. The Labute approximate surface area is 117 Å². The van der Waals surface area contributed by atoms with Crippen LogP contribution < -0.4 is 0 Å². The van der Waals surface area contributed by atoms with Gasteiger partial charge in [0.05, 0.1) is 21.4 Å². The van der Waals surface area contributed by atoms with E-state index in [1.54, 1.807) is 19.2 Å². The highest BCUT2D eigenvalue weighted by atomic mass is 35.5. The Bertz CT molecular complexity index is 673. The molecule has 0 saturated heterocycles. The lowest BCUT2D eigenvalue weighted by atomic mass is 9.49. The molecule has 3 saturated carbocycles. The molecule has 6 heteroatoms. The van der Waals surface area contributed by atoms with Crippen molar-refractivity contribution in [1.82, 2.24) is 4.31 Å². The highest BCUT2D eigenvalue weighted by molar-refractivity contribution is 7.89. The fourth-order valence-corrected chi connectivity index (χ4v) is 5.38. The predicted octanol–water partition coefficient (Wildman–Crippen LogP) is 2.09. The van der Waals surface area contributed by atoms with Gasteiger partial charge in [-0.25, -0.2) is 8.42 Å². The molecular weight excluding hydrogens is 284 g/mol. The monoisotopic (exact) mass is 296 g/mol. The molecule has 100 valence electrons. The Balaban J connectivity index is 1.93. The minimum absolute atomic E-state index is 0.168. The van der Waals surface area contributed by atoms with Crippen molar-refractivity contribution < 1.29 is 8.42 Å². The molecule has 2 bridgehead atoms. The Morgan fingerprint density at radius 2 is 2.00 bits per heavy atom. The molecule has 0 radical (unpaired) electrons. The summed E-state index contributed by atoms with van der Waals surface area (Å²) in [7, 11) is -1.95. The van der Waals surface area contributed by atoms with Crippen LogP contribution in [0.2, 0.25) is 0 Å². The largest absolute Gasteiger partial charge is 0.243 e. The first kappa shape index (κ1) is 12.9. The summed E-state index contributed by atoms with van der Waals surface area (Å²) in [5.41, 5.74) is 0.0457. The molecule has 1 aromatic carbocycles. The fourth-order valence-electron chi connectivity index (χ4n) is 3.09. The van der Waals surface area contributed by atoms with Gasteiger partial charge in [-0.05, 0) is 37.5 Å². The van der Waals surface area contributed by atoms with Gasteiger partial charge in [-0.1, -0.05) is 6.07 Å². The first-order valence-electron chi connectivity index (χ1n) is 6.00. The van der Waals surface area contributed by atoms with E-state index in [4.69, 9.17) is 16.9 Å². The Kier molecular flexibility index (Phi) is 2.53. The normalized spacial score (nSPS) is 32.3. The second-order valence-electron chi connectivity index (χ2n) is 5.52. The number of hydrogen-bond acceptors (Lipinski definition) is 3. The number of hydrogen-bond donors (Lipinski definition) is 0. The van der Waals surface area contributed by atoms with Crippen LogP contribution in [0.5, 0.6) is 0 Å². The first-order valence-corrected chi connectivity index (χ1v) is 7.81. The molecule has 0 spiro atoms. The second-order valence-corrected chi connectivity index (χ2v) is 8.29. The highest BCUT2D eigenvalue weighted by Gasteiger charge is 2.70. The van der Waals surface area contributed by atoms with Crippen LogP contribution in [0.4, 0.5) is 0 Å². The number of alkyl halides is 1. The van der Waals surface area contributed by atoms with Crippen LogP contribution >= 0.6 is 11.6 Å². The fraction of sp³-hybridized carbons (Fsp3) is 0.462. The van der Waals surface area contributed by atoms with Crippen LogP contribution in [0.25, 0.3) is 0 Å². The van der Waals surface area contributed by atoms with E-state index >= 15 is 0 Å². The van der Waals surface area contributed by atoms with E-state index in [0.29, 0.717) is 5.56 Å². The summed E-state index contributed by atoms with van der Waals surface area (Å²) >= 11 is 6.18. The third-order valence-corrected chi connectivity index (χ3v) is 6.59. The molecule has 19 heavy (non-hydrogen) atoms. The average Bonchev–Trinajstić information content (AvgIpc) is 2.33. The molecule has 0 N–H and O–H groups in total. The van der Waals surface area contributed by atoms with Crippen molar-refractivity contribution in [3.63, 3.8) is 0 Å². The van der Waals surface area contributed by atoms with Gasteiger partial charge in [-0.3, -0.25) is 0 Å². The van der Waals surface area contributed by atoms with Crippen molar-refractivity contribution in [2.75, 3.05) is 7.05 Å². The molecule has 4 nitrogen and oxygen atoms in total. The molecule has 0 aliphatic heterocycles. The molecule has 0 atom stereocenters. The van der Waals surface area contributed by atoms with Crippen molar-refractivity contribution in [2.24, 2.45) is 0 Å². The Morgan fingerprint density at radius 1 is 1.37 bits per heavy atom. The van der Waals surface area contributed by atoms with Gasteiger partial charge in [0.2, 0.25) is 10.0 Å². The van der Waals surface area contributed by atoms with Gasteiger partial charge < -0.3 is 0 Å². The van der Waals surface area contributed by atoms with E-state index in [-0.39, 0.29) is 15.3 Å². The van der Waals surface area contributed by atoms with E-state index in [0.717, 1.165) is 19.3 Å². The van der Waals surface area contributed by atoms with Gasteiger partial charge in [-0.15, -0.1) is 11.6 Å². The first-order chi connectivity index (χ1) is 8.81. The predicted molar refractivity (Wildman–Crippen MR) is 71.3 cm³/mol. The minimum atomic E-state index is -3.56. The van der Waals surface area contributed by atoms with Crippen LogP contribution in [-0.2, 0) is 10.0 Å². The summed E-state index contributed by atoms with van der Waals surface area (Å²) in [6, 6.07) is 8.07. The van der Waals surface area contributed by atoms with E-state index in [2.05, 4.69) is 0 Å². The van der Waals surface area contributed by atoms with Crippen LogP contribution in [-0.4, -0.2) is 30.2 Å². The quantitative estimate of drug-likeness (QED) is 0.803. The number of nitrogens with zero attached hydrogens (tertiary/aromatic N) is 2. The van der Waals surface area contributed by atoms with Crippen molar-refractivity contribution in [2.45, 2.75) is 34.6 Å². The SMILES string of the molecule is CN(C12CC(Cl)(C1)C2)S(=O)(=O)c1cccc(C#N)c1. The van der Waals surface area contributed by atoms with Crippen molar-refractivity contribution >= 4 is 21.6 Å². The standard InChI is InChI=1S/C13H13ClN2O2S/c1-16(13-7-12(14,8-13)9-13)19(17,18)11-4-2-3-10(5-11)6-15/h2-5H,7-9H2,1H3. The molecular formula is C13H13ClN2O2S. The number of sulfonamides is 1. The average molecular weight is 297 g/mol. The van der Waals surface area contributed by atoms with Crippen LogP contribution in [0.3, 0.4) is 0 Å². The zero-order valence-corrected chi connectivity index (χ0v) is 12.0. The van der Waals surface area contributed by atoms with Gasteiger partial charge in [0.15, 0.2) is 0 Å². The smallest absolute Gasteiger partial charge is 0.207 e. The number of nitriles is 1. The molecule has 3 aliphatic carbocycles. The Hall–Kier alpha value is -1.09. The van der Waals surface area contributed by atoms with Crippen molar-refractivity contribution in [1.29, 1.82) is 5.26 Å². The summed E-state index contributed by atoms with van der Waals surface area (Å²) in [6.07, 6.45) is 2.15. The molecule has 4 rings (SSSR count). The van der Waals surface area contributed by atoms with Crippen LogP contribution in [0.1, 0.15) is 24.8 Å². The lowest BCUT2D eigenvalue weighted by Crippen LogP contribution is -2.76. The zero-order chi connectivity index (χ0) is 13.9. The van der Waals surface area contributed by atoms with Gasteiger partial charge in [-0.2, -0.15) is 9.57 Å². The van der Waals surface area contributed by atoms with Gasteiger partial charge in [0.25, 0.3) is 0 Å². The topological polar surface area (TPSA) is 61.2 Å².